The molecule has 0 saturated carbocycles. The van der Waals surface area contributed by atoms with E-state index in [9.17, 15) is 0 Å². The molecule has 0 amide bonds. The molecule has 0 spiro atoms. The molecule has 1 nitrogen and oxygen atoms in total. The lowest BCUT2D eigenvalue weighted by Crippen LogP contribution is -2.29. The van der Waals surface area contributed by atoms with Crippen molar-refractivity contribution >= 4 is 0 Å². The number of rotatable bonds is 5. The molecule has 0 saturated heterocycles. The van der Waals surface area contributed by atoms with Gasteiger partial charge in [0.1, 0.15) is 12.4 Å². The Morgan fingerprint density at radius 2 is 1.84 bits per heavy atom. The Kier molecular flexibility index (Phi) is 6.11. The summed E-state index contributed by atoms with van der Waals surface area (Å²) in [5.41, 5.74) is 5.97. The van der Waals surface area contributed by atoms with Crippen molar-refractivity contribution in [2.24, 2.45) is 17.8 Å². The minimum Gasteiger partial charge on any atom is -0.489 e. The maximum atomic E-state index is 6.16. The highest BCUT2D eigenvalue weighted by Gasteiger charge is 2.37. The van der Waals surface area contributed by atoms with E-state index in [1.54, 1.807) is 11.1 Å². The molecule has 3 aliphatic carbocycles. The van der Waals surface area contributed by atoms with E-state index in [0.29, 0.717) is 24.4 Å². The van der Waals surface area contributed by atoms with Crippen LogP contribution in [0.4, 0.5) is 0 Å². The third-order valence-corrected chi connectivity index (χ3v) is 7.51. The number of benzene rings is 2. The molecule has 0 aromatic heterocycles. The quantitative estimate of drug-likeness (QED) is 0.457. The summed E-state index contributed by atoms with van der Waals surface area (Å²) in [6, 6.07) is 17.4. The SMILES string of the molecule is CC1C=CC(C2c3ccc(OCc4ccccc4)cc3CCC2C2=CC=CCC2)CC1. The van der Waals surface area contributed by atoms with E-state index in [4.69, 9.17) is 4.74 Å². The van der Waals surface area contributed by atoms with Gasteiger partial charge >= 0.3 is 0 Å². The predicted molar refractivity (Wildman–Crippen MR) is 129 cm³/mol. The van der Waals surface area contributed by atoms with Crippen LogP contribution in [0, 0.1) is 17.8 Å². The number of fused-ring (bicyclic) bond motifs is 1. The van der Waals surface area contributed by atoms with Gasteiger partial charge in [-0.2, -0.15) is 0 Å². The molecule has 2 aromatic carbocycles. The molecule has 1 heteroatoms. The van der Waals surface area contributed by atoms with Gasteiger partial charge in [0, 0.05) is 0 Å². The van der Waals surface area contributed by atoms with Crippen molar-refractivity contribution in [3.05, 3.63) is 101 Å². The number of allylic oxidation sites excluding steroid dienone is 6. The van der Waals surface area contributed by atoms with Crippen LogP contribution in [-0.4, -0.2) is 0 Å². The van der Waals surface area contributed by atoms with Crippen LogP contribution in [0.3, 0.4) is 0 Å². The van der Waals surface area contributed by atoms with Gasteiger partial charge in [-0.1, -0.05) is 79.3 Å². The summed E-state index contributed by atoms with van der Waals surface area (Å²) < 4.78 is 6.16. The zero-order valence-electron chi connectivity index (χ0n) is 18.7. The molecule has 4 atom stereocenters. The van der Waals surface area contributed by atoms with Gasteiger partial charge in [0.05, 0.1) is 0 Å². The fourth-order valence-electron chi connectivity index (χ4n) is 5.82. The number of aryl methyl sites for hydroxylation is 1. The molecule has 0 aliphatic heterocycles. The Morgan fingerprint density at radius 3 is 2.61 bits per heavy atom. The molecule has 31 heavy (non-hydrogen) atoms. The van der Waals surface area contributed by atoms with Crippen LogP contribution >= 0.6 is 0 Å². The second kappa shape index (κ2) is 9.30. The third kappa shape index (κ3) is 4.56. The lowest BCUT2D eigenvalue weighted by Gasteiger charge is -2.41. The van der Waals surface area contributed by atoms with Crippen LogP contribution in [-0.2, 0) is 13.0 Å². The zero-order valence-corrected chi connectivity index (χ0v) is 18.7. The van der Waals surface area contributed by atoms with Crippen LogP contribution in [0.5, 0.6) is 5.75 Å². The van der Waals surface area contributed by atoms with E-state index in [2.05, 4.69) is 85.8 Å². The van der Waals surface area contributed by atoms with Crippen molar-refractivity contribution in [1.82, 2.24) is 0 Å². The van der Waals surface area contributed by atoms with Gasteiger partial charge in [0.25, 0.3) is 0 Å². The van der Waals surface area contributed by atoms with Gasteiger partial charge in [-0.15, -0.1) is 0 Å². The Hall–Kier alpha value is -2.54. The van der Waals surface area contributed by atoms with Gasteiger partial charge in [-0.3, -0.25) is 0 Å². The second-order valence-electron chi connectivity index (χ2n) is 9.62. The highest BCUT2D eigenvalue weighted by Crippen LogP contribution is 2.49. The van der Waals surface area contributed by atoms with Gasteiger partial charge in [-0.25, -0.2) is 0 Å². The van der Waals surface area contributed by atoms with Crippen molar-refractivity contribution in [1.29, 1.82) is 0 Å². The van der Waals surface area contributed by atoms with Crippen molar-refractivity contribution in [2.75, 3.05) is 0 Å². The Labute approximate surface area is 187 Å². The summed E-state index contributed by atoms with van der Waals surface area (Å²) >= 11 is 0. The van der Waals surface area contributed by atoms with Crippen LogP contribution in [0.15, 0.2) is 84.5 Å². The molecule has 0 bridgehead atoms. The summed E-state index contributed by atoms with van der Waals surface area (Å²) in [6.07, 6.45) is 19.5. The van der Waals surface area contributed by atoms with E-state index in [-0.39, 0.29) is 0 Å². The predicted octanol–water partition coefficient (Wildman–Crippen LogP) is 7.79. The topological polar surface area (TPSA) is 9.23 Å². The summed E-state index contributed by atoms with van der Waals surface area (Å²) in [4.78, 5) is 0. The van der Waals surface area contributed by atoms with Crippen molar-refractivity contribution in [2.45, 2.75) is 58.0 Å². The number of hydrogen-bond acceptors (Lipinski definition) is 1. The largest absolute Gasteiger partial charge is 0.489 e. The van der Waals surface area contributed by atoms with E-state index in [1.807, 2.05) is 0 Å². The Bertz CT molecular complexity index is 981. The van der Waals surface area contributed by atoms with Crippen LogP contribution in [0.2, 0.25) is 0 Å². The first kappa shape index (κ1) is 20.4. The molecule has 0 N–H and O–H groups in total. The Morgan fingerprint density at radius 1 is 0.935 bits per heavy atom. The molecule has 0 fully saturated rings. The smallest absolute Gasteiger partial charge is 0.120 e. The van der Waals surface area contributed by atoms with E-state index >= 15 is 0 Å². The second-order valence-corrected chi connectivity index (χ2v) is 9.62. The first-order valence-corrected chi connectivity index (χ1v) is 12.1. The van der Waals surface area contributed by atoms with Crippen molar-refractivity contribution in [3.63, 3.8) is 0 Å². The van der Waals surface area contributed by atoms with Crippen LogP contribution in [0.25, 0.3) is 0 Å². The van der Waals surface area contributed by atoms with Crippen LogP contribution < -0.4 is 4.74 Å². The van der Waals surface area contributed by atoms with Crippen LogP contribution in [0.1, 0.15) is 61.6 Å². The number of hydrogen-bond donors (Lipinski definition) is 0. The van der Waals surface area contributed by atoms with Crippen molar-refractivity contribution in [3.8, 4) is 5.75 Å². The lowest BCUT2D eigenvalue weighted by molar-refractivity contribution is 0.298. The highest BCUT2D eigenvalue weighted by atomic mass is 16.5. The molecule has 4 unspecified atom stereocenters. The number of ether oxygens (including phenoxy) is 1. The van der Waals surface area contributed by atoms with E-state index in [0.717, 1.165) is 18.1 Å². The molecule has 160 valence electrons. The minimum absolute atomic E-state index is 0.605. The van der Waals surface area contributed by atoms with Gasteiger partial charge in [-0.05, 0) is 91.0 Å². The molecule has 2 aromatic rings. The average molecular weight is 411 g/mol. The van der Waals surface area contributed by atoms with Gasteiger partial charge in [0.15, 0.2) is 0 Å². The van der Waals surface area contributed by atoms with Gasteiger partial charge in [0.2, 0.25) is 0 Å². The summed E-state index contributed by atoms with van der Waals surface area (Å²) in [6.45, 7) is 2.98. The van der Waals surface area contributed by atoms with E-state index in [1.165, 1.54) is 43.2 Å². The standard InChI is InChI=1S/C30H34O/c1-22-12-14-25(15-13-22)30-28(24-10-6-3-7-11-24)18-16-26-20-27(17-19-29(26)30)31-21-23-8-4-2-5-9-23/h2-6,8-10,12,14,17,19-20,22,25,28,30H,7,11,13,15-16,18,21H2,1H3. The molecular formula is C30H34O. The monoisotopic (exact) mass is 410 g/mol. The average Bonchev–Trinajstić information content (AvgIpc) is 2.84. The first-order valence-electron chi connectivity index (χ1n) is 12.1. The highest BCUT2D eigenvalue weighted by molar-refractivity contribution is 5.43. The first-order chi connectivity index (χ1) is 15.3. The maximum absolute atomic E-state index is 6.16. The third-order valence-electron chi connectivity index (χ3n) is 7.51. The molecule has 5 rings (SSSR count). The molecule has 0 radical (unpaired) electrons. The zero-order chi connectivity index (χ0) is 21.0. The molecule has 3 aliphatic rings. The molecular weight excluding hydrogens is 376 g/mol. The summed E-state index contributed by atoms with van der Waals surface area (Å²) in [5.74, 6) is 3.67. The normalized spacial score (nSPS) is 27.5. The van der Waals surface area contributed by atoms with Crippen molar-refractivity contribution < 1.29 is 4.74 Å². The fraction of sp³-hybridized carbons (Fsp3) is 0.400. The summed E-state index contributed by atoms with van der Waals surface area (Å²) in [5, 5.41) is 0. The lowest BCUT2D eigenvalue weighted by atomic mass is 9.63. The Balaban J connectivity index is 1.42. The van der Waals surface area contributed by atoms with E-state index < -0.39 is 0 Å². The fourth-order valence-corrected chi connectivity index (χ4v) is 5.82. The maximum Gasteiger partial charge on any atom is 0.120 e. The van der Waals surface area contributed by atoms with Gasteiger partial charge < -0.3 is 4.74 Å². The summed E-state index contributed by atoms with van der Waals surface area (Å²) in [7, 11) is 0. The molecule has 0 heterocycles. The minimum atomic E-state index is 0.605.